The van der Waals surface area contributed by atoms with Crippen LogP contribution in [0.5, 0.6) is 5.75 Å². The number of likely N-dealkylation sites (N-methyl/N-ethyl adjacent to an activating group) is 1. The maximum atomic E-state index is 11.2. The van der Waals surface area contributed by atoms with E-state index >= 15 is 0 Å². The van der Waals surface area contributed by atoms with Crippen molar-refractivity contribution in [3.8, 4) is 5.75 Å². The minimum Gasteiger partial charge on any atom is -0.490 e. The first-order valence-corrected chi connectivity index (χ1v) is 8.14. The standard InChI is InChI=1S/C10H14Br2N2O3S/c1-14(2)3-4-17-10-8(11)5-7(6-9(10)12)18(13,15)16/h5-6H,3-4H2,1-2H3,(H2,13,15,16). The van der Waals surface area contributed by atoms with Gasteiger partial charge in [0.05, 0.1) is 13.8 Å². The second-order valence-corrected chi connectivity index (χ2v) is 7.18. The van der Waals surface area contributed by atoms with Gasteiger partial charge in [-0.05, 0) is 58.1 Å². The highest BCUT2D eigenvalue weighted by atomic mass is 79.9. The van der Waals surface area contributed by atoms with Crippen LogP contribution in [0.1, 0.15) is 0 Å². The molecule has 0 aromatic heterocycles. The predicted octanol–water partition coefficient (Wildman–Crippen LogP) is 1.80. The van der Waals surface area contributed by atoms with Crippen molar-refractivity contribution in [1.29, 1.82) is 0 Å². The molecule has 102 valence electrons. The fourth-order valence-electron chi connectivity index (χ4n) is 1.17. The smallest absolute Gasteiger partial charge is 0.238 e. The maximum absolute atomic E-state index is 11.2. The molecule has 1 aromatic carbocycles. The third-order valence-corrected chi connectivity index (χ3v) is 4.16. The molecule has 0 fully saturated rings. The summed E-state index contributed by atoms with van der Waals surface area (Å²) in [6.45, 7) is 1.26. The predicted molar refractivity (Wildman–Crippen MR) is 77.3 cm³/mol. The minimum atomic E-state index is -3.72. The fraction of sp³-hybridized carbons (Fsp3) is 0.400. The van der Waals surface area contributed by atoms with Crippen molar-refractivity contribution in [3.63, 3.8) is 0 Å². The van der Waals surface area contributed by atoms with Gasteiger partial charge in [-0.25, -0.2) is 13.6 Å². The summed E-state index contributed by atoms with van der Waals surface area (Å²) in [5.41, 5.74) is 0. The summed E-state index contributed by atoms with van der Waals surface area (Å²) in [5, 5.41) is 5.07. The molecule has 0 aliphatic carbocycles. The molecule has 0 radical (unpaired) electrons. The van der Waals surface area contributed by atoms with E-state index in [2.05, 4.69) is 31.9 Å². The van der Waals surface area contributed by atoms with Gasteiger partial charge in [-0.3, -0.25) is 0 Å². The molecule has 0 unspecified atom stereocenters. The molecule has 0 bridgehead atoms. The summed E-state index contributed by atoms with van der Waals surface area (Å²) in [4.78, 5) is 2.02. The summed E-state index contributed by atoms with van der Waals surface area (Å²) in [5.74, 6) is 0.559. The number of hydrogen-bond acceptors (Lipinski definition) is 4. The van der Waals surface area contributed by atoms with Crippen molar-refractivity contribution in [3.05, 3.63) is 21.1 Å². The Morgan fingerprint density at radius 1 is 1.28 bits per heavy atom. The van der Waals surface area contributed by atoms with Crippen molar-refractivity contribution in [1.82, 2.24) is 4.90 Å². The zero-order valence-electron chi connectivity index (χ0n) is 9.98. The number of rotatable bonds is 5. The number of sulfonamides is 1. The molecule has 0 spiro atoms. The normalized spacial score (nSPS) is 11.9. The molecule has 2 N–H and O–H groups in total. The number of nitrogens with zero attached hydrogens (tertiary/aromatic N) is 1. The van der Waals surface area contributed by atoms with Crippen LogP contribution in [0, 0.1) is 0 Å². The maximum Gasteiger partial charge on any atom is 0.238 e. The molecule has 8 heteroatoms. The second-order valence-electron chi connectivity index (χ2n) is 3.91. The molecule has 18 heavy (non-hydrogen) atoms. The largest absolute Gasteiger partial charge is 0.490 e. The van der Waals surface area contributed by atoms with Crippen LogP contribution in [0.4, 0.5) is 0 Å². The highest BCUT2D eigenvalue weighted by Gasteiger charge is 2.15. The van der Waals surface area contributed by atoms with E-state index in [0.717, 1.165) is 6.54 Å². The van der Waals surface area contributed by atoms with Gasteiger partial charge in [-0.2, -0.15) is 0 Å². The van der Waals surface area contributed by atoms with Gasteiger partial charge in [-0.1, -0.05) is 0 Å². The van der Waals surface area contributed by atoms with Crippen LogP contribution in [0.25, 0.3) is 0 Å². The van der Waals surface area contributed by atoms with E-state index in [1.54, 1.807) is 0 Å². The van der Waals surface area contributed by atoms with Gasteiger partial charge < -0.3 is 9.64 Å². The topological polar surface area (TPSA) is 72.6 Å². The molecule has 5 nitrogen and oxygen atoms in total. The quantitative estimate of drug-likeness (QED) is 0.816. The lowest BCUT2D eigenvalue weighted by atomic mass is 10.3. The third-order valence-electron chi connectivity index (χ3n) is 2.09. The molecule has 0 amide bonds. The van der Waals surface area contributed by atoms with Crippen LogP contribution in [-0.4, -0.2) is 40.6 Å². The Morgan fingerprint density at radius 3 is 2.17 bits per heavy atom. The van der Waals surface area contributed by atoms with Gasteiger partial charge in [0.2, 0.25) is 10.0 Å². The Hall–Kier alpha value is -0.150. The lowest BCUT2D eigenvalue weighted by Crippen LogP contribution is -2.19. The molecular formula is C10H14Br2N2O3S. The molecule has 0 heterocycles. The van der Waals surface area contributed by atoms with Crippen LogP contribution >= 0.6 is 31.9 Å². The second kappa shape index (κ2) is 6.33. The van der Waals surface area contributed by atoms with Crippen molar-refractivity contribution in [2.45, 2.75) is 4.90 Å². The van der Waals surface area contributed by atoms with Crippen molar-refractivity contribution >= 4 is 41.9 Å². The molecule has 0 saturated heterocycles. The zero-order chi connectivity index (χ0) is 13.9. The molecule has 1 aromatic rings. The van der Waals surface area contributed by atoms with E-state index < -0.39 is 10.0 Å². The molecule has 0 saturated carbocycles. The van der Waals surface area contributed by atoms with E-state index in [-0.39, 0.29) is 4.90 Å². The lowest BCUT2D eigenvalue weighted by molar-refractivity contribution is 0.259. The molecule has 0 atom stereocenters. The van der Waals surface area contributed by atoms with Gasteiger partial charge in [0.1, 0.15) is 12.4 Å². The van der Waals surface area contributed by atoms with Crippen molar-refractivity contribution in [2.75, 3.05) is 27.2 Å². The number of halogens is 2. The first-order chi connectivity index (χ1) is 8.21. The summed E-state index contributed by atoms with van der Waals surface area (Å²) in [7, 11) is 0.162. The first-order valence-electron chi connectivity index (χ1n) is 5.01. The van der Waals surface area contributed by atoms with Crippen LogP contribution in [-0.2, 0) is 10.0 Å². The Balaban J connectivity index is 2.95. The summed E-state index contributed by atoms with van der Waals surface area (Å²) in [6, 6.07) is 2.84. The van der Waals surface area contributed by atoms with Crippen molar-refractivity contribution < 1.29 is 13.2 Å². The van der Waals surface area contributed by atoms with Crippen LogP contribution in [0.2, 0.25) is 0 Å². The van der Waals surface area contributed by atoms with Crippen LogP contribution < -0.4 is 9.88 Å². The van der Waals surface area contributed by atoms with Gasteiger partial charge in [-0.15, -0.1) is 0 Å². The average Bonchev–Trinajstić information content (AvgIpc) is 2.20. The monoisotopic (exact) mass is 400 g/mol. The zero-order valence-corrected chi connectivity index (χ0v) is 14.0. The molecule has 1 rings (SSSR count). The summed E-state index contributed by atoms with van der Waals surface area (Å²) >= 11 is 6.54. The number of benzene rings is 1. The van der Waals surface area contributed by atoms with E-state index in [1.165, 1.54) is 12.1 Å². The Morgan fingerprint density at radius 2 is 1.78 bits per heavy atom. The lowest BCUT2D eigenvalue weighted by Gasteiger charge is -2.14. The van der Waals surface area contributed by atoms with E-state index in [0.29, 0.717) is 21.3 Å². The van der Waals surface area contributed by atoms with Gasteiger partial charge in [0.25, 0.3) is 0 Å². The van der Waals surface area contributed by atoms with E-state index in [9.17, 15) is 8.42 Å². The van der Waals surface area contributed by atoms with E-state index in [4.69, 9.17) is 9.88 Å². The summed E-state index contributed by atoms with van der Waals surface area (Å²) in [6.07, 6.45) is 0. The number of ether oxygens (including phenoxy) is 1. The Bertz CT molecular complexity index is 509. The fourth-order valence-corrected chi connectivity index (χ4v) is 3.45. The minimum absolute atomic E-state index is 0.0289. The van der Waals surface area contributed by atoms with Crippen LogP contribution in [0.15, 0.2) is 26.0 Å². The van der Waals surface area contributed by atoms with Gasteiger partial charge in [0, 0.05) is 6.54 Å². The van der Waals surface area contributed by atoms with Gasteiger partial charge in [0.15, 0.2) is 0 Å². The van der Waals surface area contributed by atoms with Crippen LogP contribution in [0.3, 0.4) is 0 Å². The number of primary sulfonamides is 1. The Kier molecular flexibility index (Phi) is 5.60. The first kappa shape index (κ1) is 15.9. The third kappa shape index (κ3) is 4.51. The Labute approximate surface area is 124 Å². The SMILES string of the molecule is CN(C)CCOc1c(Br)cc(S(N)(=O)=O)cc1Br. The highest BCUT2D eigenvalue weighted by Crippen LogP contribution is 2.35. The molecule has 0 aliphatic rings. The summed E-state index contributed by atoms with van der Waals surface area (Å²) < 4.78 is 29.1. The van der Waals surface area contributed by atoms with Crippen molar-refractivity contribution in [2.24, 2.45) is 5.14 Å². The molecule has 0 aliphatic heterocycles. The van der Waals surface area contributed by atoms with E-state index in [1.807, 2.05) is 19.0 Å². The highest BCUT2D eigenvalue weighted by molar-refractivity contribution is 9.11. The molecular weight excluding hydrogens is 388 g/mol. The number of nitrogens with two attached hydrogens (primary N) is 1. The average molecular weight is 402 g/mol. The number of hydrogen-bond donors (Lipinski definition) is 1. The van der Waals surface area contributed by atoms with Gasteiger partial charge >= 0.3 is 0 Å².